The van der Waals surface area contributed by atoms with E-state index in [0.717, 1.165) is 25.1 Å². The Morgan fingerprint density at radius 1 is 1.50 bits per heavy atom. The molecule has 0 amide bonds. The molecule has 18 heavy (non-hydrogen) atoms. The highest BCUT2D eigenvalue weighted by Gasteiger charge is 2.11. The van der Waals surface area contributed by atoms with E-state index < -0.39 is 0 Å². The lowest BCUT2D eigenvalue weighted by molar-refractivity contribution is 0.00348. The molecule has 5 nitrogen and oxygen atoms in total. The maximum Gasteiger partial charge on any atom is 0.127 e. The normalized spacial score (nSPS) is 20.4. The number of nitrogens with two attached hydrogens (primary N) is 1. The van der Waals surface area contributed by atoms with Gasteiger partial charge in [0, 0.05) is 24.6 Å². The van der Waals surface area contributed by atoms with Gasteiger partial charge in [0.15, 0.2) is 0 Å². The molecular formula is C13H18N4O. The fourth-order valence-electron chi connectivity index (χ4n) is 1.82. The molecule has 4 N–H and O–H groups in total. The first-order valence-electron chi connectivity index (χ1n) is 6.10. The van der Waals surface area contributed by atoms with Gasteiger partial charge in [-0.2, -0.15) is 0 Å². The fraction of sp³-hybridized carbons (Fsp3) is 0.385. The van der Waals surface area contributed by atoms with Crippen LogP contribution in [0.3, 0.4) is 0 Å². The summed E-state index contributed by atoms with van der Waals surface area (Å²) in [5.74, 6) is 0. The number of hydrogen-bond donors (Lipinski definition) is 3. The van der Waals surface area contributed by atoms with Crippen LogP contribution in [-0.4, -0.2) is 24.0 Å². The summed E-state index contributed by atoms with van der Waals surface area (Å²) in [6, 6.07) is 3.58. The molecule has 1 atom stereocenters. The van der Waals surface area contributed by atoms with Gasteiger partial charge in [-0.05, 0) is 31.4 Å². The number of pyridine rings is 1. The second kappa shape index (κ2) is 6.16. The van der Waals surface area contributed by atoms with Gasteiger partial charge in [-0.25, -0.2) is 0 Å². The van der Waals surface area contributed by atoms with Gasteiger partial charge in [-0.15, -0.1) is 0 Å². The Morgan fingerprint density at radius 2 is 2.39 bits per heavy atom. The van der Waals surface area contributed by atoms with Crippen molar-refractivity contribution in [2.75, 3.05) is 12.3 Å². The van der Waals surface area contributed by atoms with Gasteiger partial charge in [0.05, 0.1) is 17.6 Å². The first kappa shape index (κ1) is 12.6. The zero-order valence-corrected chi connectivity index (χ0v) is 10.2. The minimum Gasteiger partial charge on any atom is -0.397 e. The van der Waals surface area contributed by atoms with Gasteiger partial charge in [0.25, 0.3) is 0 Å². The van der Waals surface area contributed by atoms with Crippen LogP contribution in [-0.2, 0) is 4.74 Å². The van der Waals surface area contributed by atoms with Crippen LogP contribution < -0.4 is 11.1 Å². The zero-order valence-electron chi connectivity index (χ0n) is 10.2. The number of allylic oxidation sites excluding steroid dienone is 1. The minimum atomic E-state index is 0.0440. The Balaban J connectivity index is 2.03. The van der Waals surface area contributed by atoms with E-state index in [1.807, 2.05) is 0 Å². The van der Waals surface area contributed by atoms with E-state index in [1.54, 1.807) is 24.5 Å². The summed E-state index contributed by atoms with van der Waals surface area (Å²) in [4.78, 5) is 4.19. The van der Waals surface area contributed by atoms with Crippen LogP contribution in [0, 0.1) is 5.41 Å². The Hall–Kier alpha value is -1.88. The number of nitrogens with zero attached hydrogens (tertiary/aromatic N) is 1. The molecule has 1 saturated heterocycles. The van der Waals surface area contributed by atoms with E-state index in [0.29, 0.717) is 11.3 Å². The second-order valence-corrected chi connectivity index (χ2v) is 4.24. The number of hydrogen-bond acceptors (Lipinski definition) is 5. The van der Waals surface area contributed by atoms with Crippen LogP contribution in [0.5, 0.6) is 0 Å². The average molecular weight is 246 g/mol. The fourth-order valence-corrected chi connectivity index (χ4v) is 1.82. The summed E-state index contributed by atoms with van der Waals surface area (Å²) in [7, 11) is 0. The van der Waals surface area contributed by atoms with Crippen LogP contribution in [0.1, 0.15) is 25.0 Å². The number of anilines is 1. The number of nitrogen functional groups attached to an aromatic ring is 1. The smallest absolute Gasteiger partial charge is 0.127 e. The molecule has 5 heteroatoms. The summed E-state index contributed by atoms with van der Waals surface area (Å²) >= 11 is 0. The lowest BCUT2D eigenvalue weighted by Gasteiger charge is -2.22. The van der Waals surface area contributed by atoms with Gasteiger partial charge in [-0.3, -0.25) is 4.98 Å². The average Bonchev–Trinajstić information content (AvgIpc) is 2.42. The molecule has 0 radical (unpaired) electrons. The van der Waals surface area contributed by atoms with Gasteiger partial charge in [0.1, 0.15) is 6.23 Å². The van der Waals surface area contributed by atoms with Crippen molar-refractivity contribution in [2.45, 2.75) is 25.5 Å². The lowest BCUT2D eigenvalue weighted by atomic mass is 10.1. The van der Waals surface area contributed by atoms with E-state index in [4.69, 9.17) is 15.9 Å². The van der Waals surface area contributed by atoms with Crippen molar-refractivity contribution < 1.29 is 4.74 Å². The van der Waals surface area contributed by atoms with E-state index in [2.05, 4.69) is 10.3 Å². The SMILES string of the molecule is N=C/C(=C\NC1CCCCO1)c1ccc(N)cn1. The summed E-state index contributed by atoms with van der Waals surface area (Å²) < 4.78 is 5.56. The molecule has 1 aromatic heterocycles. The van der Waals surface area contributed by atoms with Crippen LogP contribution in [0.25, 0.3) is 5.57 Å². The molecule has 0 saturated carbocycles. The number of aromatic nitrogens is 1. The Morgan fingerprint density at radius 3 is 3.00 bits per heavy atom. The molecule has 1 fully saturated rings. The van der Waals surface area contributed by atoms with E-state index >= 15 is 0 Å². The predicted molar refractivity (Wildman–Crippen MR) is 72.1 cm³/mol. The van der Waals surface area contributed by atoms with Gasteiger partial charge in [0.2, 0.25) is 0 Å². The highest BCUT2D eigenvalue weighted by molar-refractivity contribution is 6.07. The van der Waals surface area contributed by atoms with E-state index in [1.165, 1.54) is 12.6 Å². The van der Waals surface area contributed by atoms with Crippen LogP contribution in [0.15, 0.2) is 24.5 Å². The van der Waals surface area contributed by atoms with Crippen molar-refractivity contribution in [3.05, 3.63) is 30.2 Å². The van der Waals surface area contributed by atoms with Crippen molar-refractivity contribution in [3.63, 3.8) is 0 Å². The molecule has 0 bridgehead atoms. The van der Waals surface area contributed by atoms with E-state index in [9.17, 15) is 0 Å². The first-order chi connectivity index (χ1) is 8.79. The van der Waals surface area contributed by atoms with Crippen molar-refractivity contribution in [3.8, 4) is 0 Å². The molecular weight excluding hydrogens is 228 g/mol. The third-order valence-electron chi connectivity index (χ3n) is 2.84. The largest absolute Gasteiger partial charge is 0.397 e. The number of nitrogens with one attached hydrogen (secondary N) is 2. The molecule has 2 heterocycles. The number of rotatable bonds is 4. The molecule has 1 aromatic rings. The van der Waals surface area contributed by atoms with Crippen molar-refractivity contribution in [2.24, 2.45) is 0 Å². The van der Waals surface area contributed by atoms with Crippen molar-refractivity contribution in [1.82, 2.24) is 10.3 Å². The monoisotopic (exact) mass is 246 g/mol. The third kappa shape index (κ3) is 3.30. The zero-order chi connectivity index (χ0) is 12.8. The molecule has 0 aromatic carbocycles. The molecule has 96 valence electrons. The molecule has 2 rings (SSSR count). The quantitative estimate of drug-likeness (QED) is 0.707. The molecule has 0 spiro atoms. The van der Waals surface area contributed by atoms with E-state index in [-0.39, 0.29) is 6.23 Å². The summed E-state index contributed by atoms with van der Waals surface area (Å²) in [6.07, 6.45) is 7.98. The predicted octanol–water partition coefficient (Wildman–Crippen LogP) is 1.77. The first-order valence-corrected chi connectivity index (χ1v) is 6.10. The highest BCUT2D eigenvalue weighted by atomic mass is 16.5. The van der Waals surface area contributed by atoms with Crippen molar-refractivity contribution in [1.29, 1.82) is 5.41 Å². The van der Waals surface area contributed by atoms with Crippen LogP contribution in [0.2, 0.25) is 0 Å². The Bertz CT molecular complexity index is 421. The Kier molecular flexibility index (Phi) is 4.30. The number of ether oxygens (including phenoxy) is 1. The van der Waals surface area contributed by atoms with Crippen LogP contribution in [0.4, 0.5) is 5.69 Å². The molecule has 1 aliphatic heterocycles. The minimum absolute atomic E-state index is 0.0440. The summed E-state index contributed by atoms with van der Waals surface area (Å²) in [5.41, 5.74) is 7.64. The second-order valence-electron chi connectivity index (χ2n) is 4.24. The molecule has 1 aliphatic rings. The summed E-state index contributed by atoms with van der Waals surface area (Å²) in [6.45, 7) is 0.797. The van der Waals surface area contributed by atoms with Gasteiger partial charge >= 0.3 is 0 Å². The van der Waals surface area contributed by atoms with Gasteiger partial charge < -0.3 is 21.2 Å². The topological polar surface area (TPSA) is 84.0 Å². The Labute approximate surface area is 107 Å². The molecule has 0 aliphatic carbocycles. The maximum atomic E-state index is 7.42. The molecule has 1 unspecified atom stereocenters. The standard InChI is InChI=1S/C13H18N4O/c14-7-10(12-5-4-11(15)9-16-12)8-17-13-3-1-2-6-18-13/h4-5,7-9,13-14,17H,1-3,6,15H2/b10-8+,14-7?. The summed E-state index contributed by atoms with van der Waals surface area (Å²) in [5, 5.41) is 10.6. The van der Waals surface area contributed by atoms with Gasteiger partial charge in [-0.1, -0.05) is 0 Å². The maximum absolute atomic E-state index is 7.42. The lowest BCUT2D eigenvalue weighted by Crippen LogP contribution is -2.31. The van der Waals surface area contributed by atoms with Crippen LogP contribution >= 0.6 is 0 Å². The highest BCUT2D eigenvalue weighted by Crippen LogP contribution is 2.13. The third-order valence-corrected chi connectivity index (χ3v) is 2.84. The van der Waals surface area contributed by atoms with Crippen molar-refractivity contribution >= 4 is 17.5 Å².